The van der Waals surface area contributed by atoms with Gasteiger partial charge >= 0.3 is 0 Å². The molecule has 0 aliphatic heterocycles. The molecule has 0 aliphatic carbocycles. The van der Waals surface area contributed by atoms with Crippen LogP contribution in [0.3, 0.4) is 0 Å². The van der Waals surface area contributed by atoms with Crippen LogP contribution in [0.2, 0.25) is 5.02 Å². The van der Waals surface area contributed by atoms with E-state index in [1.807, 2.05) is 0 Å². The Bertz CT molecular complexity index is 309. The van der Waals surface area contributed by atoms with Crippen LogP contribution in [0.1, 0.15) is 0 Å². The quantitative estimate of drug-likeness (QED) is 0.738. The maximum Gasteiger partial charge on any atom is 0.143 e. The molecule has 0 atom stereocenters. The van der Waals surface area contributed by atoms with Crippen molar-refractivity contribution in [3.8, 4) is 0 Å². The zero-order chi connectivity index (χ0) is 11.1. The van der Waals surface area contributed by atoms with Crippen molar-refractivity contribution in [2.75, 3.05) is 31.7 Å². The van der Waals surface area contributed by atoms with E-state index in [0.717, 1.165) is 0 Å². The number of rotatable bonds is 6. The molecule has 0 amide bonds. The SMILES string of the molecule is OCCOCCNc1ccc(Cl)c(F)c1. The van der Waals surface area contributed by atoms with Crippen LogP contribution in [0.25, 0.3) is 0 Å². The summed E-state index contributed by atoms with van der Waals surface area (Å²) in [6.45, 7) is 1.35. The zero-order valence-electron chi connectivity index (χ0n) is 8.17. The van der Waals surface area contributed by atoms with Crippen molar-refractivity contribution < 1.29 is 14.2 Å². The van der Waals surface area contributed by atoms with Crippen molar-refractivity contribution in [3.63, 3.8) is 0 Å². The highest BCUT2D eigenvalue weighted by molar-refractivity contribution is 6.30. The van der Waals surface area contributed by atoms with Gasteiger partial charge in [-0.2, -0.15) is 0 Å². The van der Waals surface area contributed by atoms with Gasteiger partial charge in [0.2, 0.25) is 0 Å². The molecule has 0 unspecified atom stereocenters. The fraction of sp³-hybridized carbons (Fsp3) is 0.400. The molecule has 84 valence electrons. The van der Waals surface area contributed by atoms with E-state index in [4.69, 9.17) is 21.4 Å². The first-order chi connectivity index (χ1) is 7.24. The van der Waals surface area contributed by atoms with Crippen LogP contribution in [-0.4, -0.2) is 31.5 Å². The van der Waals surface area contributed by atoms with Crippen LogP contribution >= 0.6 is 11.6 Å². The number of nitrogens with one attached hydrogen (secondary N) is 1. The van der Waals surface area contributed by atoms with E-state index >= 15 is 0 Å². The van der Waals surface area contributed by atoms with Crippen molar-refractivity contribution in [3.05, 3.63) is 29.0 Å². The predicted octanol–water partition coefficient (Wildman–Crippen LogP) is 1.90. The first kappa shape index (κ1) is 12.2. The summed E-state index contributed by atoms with van der Waals surface area (Å²) in [6, 6.07) is 4.51. The third kappa shape index (κ3) is 4.46. The second kappa shape index (κ2) is 6.61. The van der Waals surface area contributed by atoms with Crippen LogP contribution < -0.4 is 5.32 Å². The van der Waals surface area contributed by atoms with Gasteiger partial charge in [-0.1, -0.05) is 11.6 Å². The lowest BCUT2D eigenvalue weighted by molar-refractivity contribution is 0.0992. The number of aliphatic hydroxyl groups excluding tert-OH is 1. The van der Waals surface area contributed by atoms with Crippen molar-refractivity contribution in [2.24, 2.45) is 0 Å². The minimum absolute atomic E-state index is 0.00950. The lowest BCUT2D eigenvalue weighted by atomic mass is 10.3. The number of benzene rings is 1. The van der Waals surface area contributed by atoms with E-state index in [1.54, 1.807) is 6.07 Å². The topological polar surface area (TPSA) is 41.5 Å². The summed E-state index contributed by atoms with van der Waals surface area (Å²) < 4.78 is 18.0. The number of ether oxygens (including phenoxy) is 1. The zero-order valence-corrected chi connectivity index (χ0v) is 8.93. The van der Waals surface area contributed by atoms with Crippen LogP contribution in [0.5, 0.6) is 0 Å². The Morgan fingerprint density at radius 3 is 2.87 bits per heavy atom. The van der Waals surface area contributed by atoms with Gasteiger partial charge < -0.3 is 15.2 Å². The van der Waals surface area contributed by atoms with Gasteiger partial charge in [-0.15, -0.1) is 0 Å². The number of anilines is 1. The molecule has 2 N–H and O–H groups in total. The van der Waals surface area contributed by atoms with Crippen LogP contribution in [0, 0.1) is 5.82 Å². The Labute approximate surface area is 92.8 Å². The second-order valence-corrected chi connectivity index (χ2v) is 3.30. The van der Waals surface area contributed by atoms with Crippen molar-refractivity contribution in [1.29, 1.82) is 0 Å². The molecular weight excluding hydrogens is 221 g/mol. The predicted molar refractivity (Wildman–Crippen MR) is 57.8 cm³/mol. The highest BCUT2D eigenvalue weighted by Gasteiger charge is 1.99. The van der Waals surface area contributed by atoms with E-state index < -0.39 is 5.82 Å². The third-order valence-electron chi connectivity index (χ3n) is 1.73. The number of halogens is 2. The summed E-state index contributed by atoms with van der Waals surface area (Å²) in [5.41, 5.74) is 0.657. The van der Waals surface area contributed by atoms with Crippen molar-refractivity contribution in [1.82, 2.24) is 0 Å². The monoisotopic (exact) mass is 233 g/mol. The molecule has 0 radical (unpaired) electrons. The van der Waals surface area contributed by atoms with Crippen molar-refractivity contribution in [2.45, 2.75) is 0 Å². The van der Waals surface area contributed by atoms with E-state index in [9.17, 15) is 4.39 Å². The molecule has 1 rings (SSSR count). The lowest BCUT2D eigenvalue weighted by Crippen LogP contribution is -2.11. The summed E-state index contributed by atoms with van der Waals surface area (Å²) >= 11 is 5.53. The standard InChI is InChI=1S/C10H13ClFNO2/c11-9-2-1-8(7-10(9)12)13-3-5-15-6-4-14/h1-2,7,13-14H,3-6H2. The van der Waals surface area contributed by atoms with Crippen LogP contribution in [-0.2, 0) is 4.74 Å². The molecule has 0 bridgehead atoms. The maximum absolute atomic E-state index is 13.0. The Kier molecular flexibility index (Phi) is 5.39. The minimum Gasteiger partial charge on any atom is -0.394 e. The van der Waals surface area contributed by atoms with Gasteiger partial charge in [0.05, 0.1) is 24.8 Å². The number of hydrogen-bond donors (Lipinski definition) is 2. The smallest absolute Gasteiger partial charge is 0.143 e. The Balaban J connectivity index is 2.28. The molecule has 1 aromatic carbocycles. The summed E-state index contributed by atoms with van der Waals surface area (Å²) in [7, 11) is 0. The molecule has 0 heterocycles. The first-order valence-corrected chi connectivity index (χ1v) is 4.99. The minimum atomic E-state index is -0.446. The summed E-state index contributed by atoms with van der Waals surface area (Å²) in [6.07, 6.45) is 0. The molecule has 0 spiro atoms. The van der Waals surface area contributed by atoms with Crippen molar-refractivity contribution >= 4 is 17.3 Å². The van der Waals surface area contributed by atoms with Crippen LogP contribution in [0.4, 0.5) is 10.1 Å². The van der Waals surface area contributed by atoms with Gasteiger partial charge in [0.25, 0.3) is 0 Å². The Morgan fingerprint density at radius 1 is 1.40 bits per heavy atom. The highest BCUT2D eigenvalue weighted by atomic mass is 35.5. The van der Waals surface area contributed by atoms with E-state index in [1.165, 1.54) is 12.1 Å². The maximum atomic E-state index is 13.0. The fourth-order valence-corrected chi connectivity index (χ4v) is 1.16. The molecule has 0 saturated heterocycles. The third-order valence-corrected chi connectivity index (χ3v) is 2.04. The average molecular weight is 234 g/mol. The highest BCUT2D eigenvalue weighted by Crippen LogP contribution is 2.18. The molecule has 0 fully saturated rings. The fourth-order valence-electron chi connectivity index (χ4n) is 1.04. The Hall–Kier alpha value is -0.840. The van der Waals surface area contributed by atoms with E-state index in [0.29, 0.717) is 25.4 Å². The molecule has 0 aromatic heterocycles. The van der Waals surface area contributed by atoms with Gasteiger partial charge in [0.15, 0.2) is 0 Å². The summed E-state index contributed by atoms with van der Waals surface area (Å²) in [5.74, 6) is -0.446. The van der Waals surface area contributed by atoms with Gasteiger partial charge in [-0.05, 0) is 18.2 Å². The molecule has 3 nitrogen and oxygen atoms in total. The largest absolute Gasteiger partial charge is 0.394 e. The summed E-state index contributed by atoms with van der Waals surface area (Å²) in [4.78, 5) is 0. The molecule has 0 saturated carbocycles. The number of aliphatic hydroxyl groups is 1. The van der Waals surface area contributed by atoms with Gasteiger partial charge in [0.1, 0.15) is 5.82 Å². The number of hydrogen-bond acceptors (Lipinski definition) is 3. The normalized spacial score (nSPS) is 10.3. The van der Waals surface area contributed by atoms with E-state index in [2.05, 4.69) is 5.32 Å². The molecule has 15 heavy (non-hydrogen) atoms. The van der Waals surface area contributed by atoms with Crippen LogP contribution in [0.15, 0.2) is 18.2 Å². The first-order valence-electron chi connectivity index (χ1n) is 4.61. The lowest BCUT2D eigenvalue weighted by Gasteiger charge is -2.07. The second-order valence-electron chi connectivity index (χ2n) is 2.89. The Morgan fingerprint density at radius 2 is 2.20 bits per heavy atom. The van der Waals surface area contributed by atoms with E-state index in [-0.39, 0.29) is 11.6 Å². The molecular formula is C10H13ClFNO2. The molecule has 1 aromatic rings. The molecule has 5 heteroatoms. The van der Waals surface area contributed by atoms with Gasteiger partial charge in [-0.25, -0.2) is 4.39 Å². The van der Waals surface area contributed by atoms with Gasteiger partial charge in [-0.3, -0.25) is 0 Å². The molecule has 0 aliphatic rings. The summed E-state index contributed by atoms with van der Waals surface area (Å²) in [5, 5.41) is 11.5. The average Bonchev–Trinajstić information content (AvgIpc) is 2.23. The van der Waals surface area contributed by atoms with Gasteiger partial charge in [0, 0.05) is 12.2 Å².